The first-order valence-corrected chi connectivity index (χ1v) is 9.01. The lowest BCUT2D eigenvalue weighted by Crippen LogP contribution is -2.29. The summed E-state index contributed by atoms with van der Waals surface area (Å²) in [6.07, 6.45) is 5.38. The van der Waals surface area contributed by atoms with Crippen molar-refractivity contribution in [1.29, 1.82) is 0 Å². The molecule has 1 aliphatic heterocycles. The summed E-state index contributed by atoms with van der Waals surface area (Å²) in [5.74, 6) is 0.685. The number of hydrogen-bond donors (Lipinski definition) is 2. The second kappa shape index (κ2) is 5.87. The molecule has 0 spiro atoms. The van der Waals surface area contributed by atoms with Gasteiger partial charge in [-0.2, -0.15) is 0 Å². The zero-order chi connectivity index (χ0) is 17.0. The van der Waals surface area contributed by atoms with E-state index in [0.717, 1.165) is 28.3 Å². The summed E-state index contributed by atoms with van der Waals surface area (Å²) in [6, 6.07) is 7.32. The summed E-state index contributed by atoms with van der Waals surface area (Å²) >= 11 is 18.6. The van der Waals surface area contributed by atoms with Crippen LogP contribution in [0.5, 0.6) is 5.75 Å². The normalized spacial score (nSPS) is 24.4. The third-order valence-electron chi connectivity index (χ3n) is 5.12. The first-order valence-electron chi connectivity index (χ1n) is 7.87. The molecule has 24 heavy (non-hydrogen) atoms. The van der Waals surface area contributed by atoms with Gasteiger partial charge in [-0.1, -0.05) is 53.0 Å². The predicted molar refractivity (Wildman–Crippen MR) is 101 cm³/mol. The Labute approximate surface area is 156 Å². The average molecular weight is 381 g/mol. The number of phenolic OH excluding ortho intramolecular Hbond substituents is 1. The minimum absolute atomic E-state index is 0.0779. The number of nitrogens with one attached hydrogen (secondary N) is 1. The number of anilines is 1. The largest absolute Gasteiger partial charge is 0.506 e. The molecule has 2 aromatic rings. The molecular formula is C19H16Cl3NO. The summed E-state index contributed by atoms with van der Waals surface area (Å²) in [7, 11) is 0. The quantitative estimate of drug-likeness (QED) is 0.554. The average Bonchev–Trinajstić information content (AvgIpc) is 3.03. The standard InChI is InChI=1S/C19H16Cl3NO/c1-9-15(21)6-5-13-11-3-2-4-12(11)18(23-17(9)13)14-7-10(20)8-16(22)19(14)24/h2-3,5-8,11-12,18,23-24H,4H2,1H3. The van der Waals surface area contributed by atoms with Crippen LogP contribution in [-0.4, -0.2) is 5.11 Å². The zero-order valence-electron chi connectivity index (χ0n) is 13.0. The molecule has 2 nitrogen and oxygen atoms in total. The van der Waals surface area contributed by atoms with E-state index in [4.69, 9.17) is 34.8 Å². The molecule has 124 valence electrons. The van der Waals surface area contributed by atoms with Gasteiger partial charge in [0.1, 0.15) is 5.75 Å². The maximum absolute atomic E-state index is 10.5. The number of halogens is 3. The van der Waals surface area contributed by atoms with E-state index in [1.807, 2.05) is 13.0 Å². The van der Waals surface area contributed by atoms with E-state index in [-0.39, 0.29) is 16.8 Å². The molecule has 0 saturated carbocycles. The first-order chi connectivity index (χ1) is 11.5. The molecule has 4 rings (SSSR count). The lowest BCUT2D eigenvalue weighted by atomic mass is 9.76. The number of hydrogen-bond acceptors (Lipinski definition) is 2. The molecule has 2 aromatic carbocycles. The summed E-state index contributed by atoms with van der Waals surface area (Å²) in [5, 5.41) is 15.6. The van der Waals surface area contributed by atoms with Crippen LogP contribution < -0.4 is 5.32 Å². The molecule has 2 aliphatic rings. The number of benzene rings is 2. The predicted octanol–water partition coefficient (Wildman–Crippen LogP) is 6.49. The number of rotatable bonds is 1. The monoisotopic (exact) mass is 379 g/mol. The van der Waals surface area contributed by atoms with E-state index in [1.165, 1.54) is 5.56 Å². The minimum atomic E-state index is -0.0779. The molecule has 5 heteroatoms. The smallest absolute Gasteiger partial charge is 0.139 e. The van der Waals surface area contributed by atoms with Crippen LogP contribution >= 0.6 is 34.8 Å². The maximum atomic E-state index is 10.5. The van der Waals surface area contributed by atoms with E-state index in [9.17, 15) is 5.11 Å². The third-order valence-corrected chi connectivity index (χ3v) is 6.04. The van der Waals surface area contributed by atoms with Crippen LogP contribution in [0.2, 0.25) is 15.1 Å². The molecule has 3 unspecified atom stereocenters. The number of allylic oxidation sites excluding steroid dienone is 2. The number of fused-ring (bicyclic) bond motifs is 3. The van der Waals surface area contributed by atoms with Crippen molar-refractivity contribution in [2.45, 2.75) is 25.3 Å². The fraction of sp³-hybridized carbons (Fsp3) is 0.263. The van der Waals surface area contributed by atoms with Crippen molar-refractivity contribution in [3.05, 3.63) is 68.2 Å². The SMILES string of the molecule is Cc1c(Cl)ccc2c1NC(c1cc(Cl)cc(Cl)c1O)C1CC=CC21. The van der Waals surface area contributed by atoms with Gasteiger partial charge in [0.25, 0.3) is 0 Å². The Morgan fingerprint density at radius 1 is 1.08 bits per heavy atom. The van der Waals surface area contributed by atoms with Gasteiger partial charge in [0.2, 0.25) is 0 Å². The van der Waals surface area contributed by atoms with Gasteiger partial charge in [-0.15, -0.1) is 0 Å². The van der Waals surface area contributed by atoms with E-state index in [0.29, 0.717) is 16.9 Å². The van der Waals surface area contributed by atoms with Crippen LogP contribution in [0, 0.1) is 12.8 Å². The Balaban J connectivity index is 1.88. The topological polar surface area (TPSA) is 32.3 Å². The lowest BCUT2D eigenvalue weighted by molar-refractivity contribution is 0.402. The van der Waals surface area contributed by atoms with Gasteiger partial charge in [-0.05, 0) is 48.6 Å². The van der Waals surface area contributed by atoms with Crippen LogP contribution in [-0.2, 0) is 0 Å². The molecule has 0 aromatic heterocycles. The highest BCUT2D eigenvalue weighted by Gasteiger charge is 2.39. The van der Waals surface area contributed by atoms with Gasteiger partial charge in [-0.3, -0.25) is 0 Å². The van der Waals surface area contributed by atoms with Crippen LogP contribution in [0.1, 0.15) is 35.1 Å². The Morgan fingerprint density at radius 3 is 2.67 bits per heavy atom. The van der Waals surface area contributed by atoms with E-state index in [2.05, 4.69) is 23.5 Å². The van der Waals surface area contributed by atoms with Crippen molar-refractivity contribution in [3.8, 4) is 5.75 Å². The van der Waals surface area contributed by atoms with E-state index < -0.39 is 0 Å². The molecule has 2 N–H and O–H groups in total. The van der Waals surface area contributed by atoms with Gasteiger partial charge in [-0.25, -0.2) is 0 Å². The summed E-state index contributed by atoms with van der Waals surface area (Å²) in [5.41, 5.74) is 4.04. The van der Waals surface area contributed by atoms with Crippen molar-refractivity contribution in [2.24, 2.45) is 5.92 Å². The molecule has 0 saturated heterocycles. The Bertz CT molecular complexity index is 862. The summed E-state index contributed by atoms with van der Waals surface area (Å²) in [6.45, 7) is 2.01. The molecule has 0 bridgehead atoms. The molecule has 1 heterocycles. The number of aromatic hydroxyl groups is 1. The third kappa shape index (κ3) is 2.40. The van der Waals surface area contributed by atoms with Gasteiger partial charge >= 0.3 is 0 Å². The van der Waals surface area contributed by atoms with Gasteiger partial charge in [0, 0.05) is 27.2 Å². The molecule has 0 radical (unpaired) electrons. The highest BCUT2D eigenvalue weighted by atomic mass is 35.5. The molecular weight excluding hydrogens is 365 g/mol. The molecule has 1 aliphatic carbocycles. The molecule has 0 amide bonds. The molecule has 3 atom stereocenters. The van der Waals surface area contributed by atoms with Crippen LogP contribution in [0.4, 0.5) is 5.69 Å². The first kappa shape index (κ1) is 16.1. The molecule has 0 fully saturated rings. The van der Waals surface area contributed by atoms with Crippen molar-refractivity contribution in [2.75, 3.05) is 5.32 Å². The van der Waals surface area contributed by atoms with E-state index >= 15 is 0 Å². The Hall–Kier alpha value is -1.35. The second-order valence-electron chi connectivity index (χ2n) is 6.44. The lowest BCUT2D eigenvalue weighted by Gasteiger charge is -2.38. The maximum Gasteiger partial charge on any atom is 0.139 e. The fourth-order valence-electron chi connectivity index (χ4n) is 3.92. The van der Waals surface area contributed by atoms with Gasteiger partial charge in [0.05, 0.1) is 11.1 Å². The fourth-order valence-corrected chi connectivity index (χ4v) is 4.59. The Morgan fingerprint density at radius 2 is 1.88 bits per heavy atom. The van der Waals surface area contributed by atoms with Crippen LogP contribution in [0.15, 0.2) is 36.4 Å². The second-order valence-corrected chi connectivity index (χ2v) is 7.69. The zero-order valence-corrected chi connectivity index (χ0v) is 15.3. The van der Waals surface area contributed by atoms with Gasteiger partial charge in [0.15, 0.2) is 0 Å². The van der Waals surface area contributed by atoms with Gasteiger partial charge < -0.3 is 10.4 Å². The minimum Gasteiger partial charge on any atom is -0.506 e. The van der Waals surface area contributed by atoms with Crippen molar-refractivity contribution in [3.63, 3.8) is 0 Å². The summed E-state index contributed by atoms with van der Waals surface area (Å²) in [4.78, 5) is 0. The van der Waals surface area contributed by atoms with Crippen molar-refractivity contribution >= 4 is 40.5 Å². The van der Waals surface area contributed by atoms with Crippen LogP contribution in [0.3, 0.4) is 0 Å². The van der Waals surface area contributed by atoms with E-state index in [1.54, 1.807) is 12.1 Å². The summed E-state index contributed by atoms with van der Waals surface area (Å²) < 4.78 is 0. The Kier molecular flexibility index (Phi) is 3.95. The van der Waals surface area contributed by atoms with Crippen molar-refractivity contribution < 1.29 is 5.11 Å². The van der Waals surface area contributed by atoms with Crippen molar-refractivity contribution in [1.82, 2.24) is 0 Å². The van der Waals surface area contributed by atoms with Crippen LogP contribution in [0.25, 0.3) is 0 Å². The highest BCUT2D eigenvalue weighted by Crippen LogP contribution is 2.53. The highest BCUT2D eigenvalue weighted by molar-refractivity contribution is 6.35. The number of phenols is 1.